The zero-order chi connectivity index (χ0) is 21.0. The van der Waals surface area contributed by atoms with Crippen LogP contribution in [0.4, 0.5) is 11.4 Å². The summed E-state index contributed by atoms with van der Waals surface area (Å²) in [6.07, 6.45) is 0.155. The van der Waals surface area contributed by atoms with Crippen molar-refractivity contribution in [3.8, 4) is 0 Å². The second-order valence-electron chi connectivity index (χ2n) is 7.83. The summed E-state index contributed by atoms with van der Waals surface area (Å²) in [5.74, 6) is -0.675. The molecule has 0 saturated carbocycles. The molecule has 3 amide bonds. The van der Waals surface area contributed by atoms with E-state index in [0.29, 0.717) is 30.3 Å². The van der Waals surface area contributed by atoms with E-state index in [1.54, 1.807) is 29.2 Å². The highest BCUT2D eigenvalue weighted by Crippen LogP contribution is 2.28. The Bertz CT molecular complexity index is 923. The normalized spacial score (nSPS) is 16.2. The van der Waals surface area contributed by atoms with E-state index in [-0.39, 0.29) is 24.1 Å². The first-order valence-electron chi connectivity index (χ1n) is 9.91. The fourth-order valence-electron chi connectivity index (χ4n) is 3.40. The third kappa shape index (κ3) is 4.83. The highest BCUT2D eigenvalue weighted by atomic mass is 16.2. The number of amides is 3. The molecule has 6 nitrogen and oxygen atoms in total. The molecule has 29 heavy (non-hydrogen) atoms. The topological polar surface area (TPSA) is 78.5 Å². The minimum Gasteiger partial charge on any atom is -0.352 e. The van der Waals surface area contributed by atoms with Gasteiger partial charge in [0.2, 0.25) is 11.8 Å². The number of aryl methyl sites for hydroxylation is 1. The van der Waals surface area contributed by atoms with Crippen LogP contribution in [0.3, 0.4) is 0 Å². The summed E-state index contributed by atoms with van der Waals surface area (Å²) < 4.78 is 0. The summed E-state index contributed by atoms with van der Waals surface area (Å²) in [7, 11) is 0. The fraction of sp³-hybridized carbons (Fsp3) is 0.348. The van der Waals surface area contributed by atoms with Crippen LogP contribution in [0.2, 0.25) is 0 Å². The molecule has 1 heterocycles. The average Bonchev–Trinajstić information content (AvgIpc) is 3.08. The van der Waals surface area contributed by atoms with E-state index in [9.17, 15) is 14.4 Å². The quantitative estimate of drug-likeness (QED) is 0.790. The SMILES string of the molecule is Cc1ccccc1N1C[C@H](C(=O)Nc2ccccc2C(=O)NCC(C)C)CC1=O. The molecule has 152 valence electrons. The number of carbonyl (C=O) groups is 3. The number of benzene rings is 2. The van der Waals surface area contributed by atoms with Gasteiger partial charge in [-0.25, -0.2) is 0 Å². The predicted molar refractivity (Wildman–Crippen MR) is 114 cm³/mol. The summed E-state index contributed by atoms with van der Waals surface area (Å²) in [5.41, 5.74) is 2.71. The van der Waals surface area contributed by atoms with Crippen LogP contribution in [0.15, 0.2) is 48.5 Å². The summed E-state index contributed by atoms with van der Waals surface area (Å²) in [6, 6.07) is 14.6. The smallest absolute Gasteiger partial charge is 0.253 e. The van der Waals surface area contributed by atoms with Crippen molar-refractivity contribution in [2.45, 2.75) is 27.2 Å². The summed E-state index contributed by atoms with van der Waals surface area (Å²) >= 11 is 0. The van der Waals surface area contributed by atoms with E-state index in [1.165, 1.54) is 0 Å². The third-order valence-electron chi connectivity index (χ3n) is 5.00. The molecule has 2 aromatic rings. The van der Waals surface area contributed by atoms with E-state index in [1.807, 2.05) is 45.0 Å². The molecule has 1 fully saturated rings. The van der Waals surface area contributed by atoms with Crippen molar-refractivity contribution in [2.75, 3.05) is 23.3 Å². The van der Waals surface area contributed by atoms with Crippen molar-refractivity contribution in [2.24, 2.45) is 11.8 Å². The molecule has 1 saturated heterocycles. The molecule has 0 aromatic heterocycles. The Morgan fingerprint density at radius 2 is 1.79 bits per heavy atom. The van der Waals surface area contributed by atoms with Crippen LogP contribution < -0.4 is 15.5 Å². The summed E-state index contributed by atoms with van der Waals surface area (Å²) in [4.78, 5) is 39.5. The van der Waals surface area contributed by atoms with Gasteiger partial charge in [-0.3, -0.25) is 14.4 Å². The molecule has 0 bridgehead atoms. The number of para-hydroxylation sites is 2. The minimum absolute atomic E-state index is 0.0672. The van der Waals surface area contributed by atoms with Crippen molar-refractivity contribution < 1.29 is 14.4 Å². The second-order valence-corrected chi connectivity index (χ2v) is 7.83. The number of nitrogens with one attached hydrogen (secondary N) is 2. The van der Waals surface area contributed by atoms with Gasteiger partial charge in [0.25, 0.3) is 5.91 Å². The Kier molecular flexibility index (Phi) is 6.32. The zero-order valence-corrected chi connectivity index (χ0v) is 17.1. The lowest BCUT2D eigenvalue weighted by Gasteiger charge is -2.19. The standard InChI is InChI=1S/C23H27N3O3/c1-15(2)13-24-23(29)18-9-5-6-10-19(18)25-22(28)17-12-21(27)26(14-17)20-11-7-4-8-16(20)3/h4-11,15,17H,12-14H2,1-3H3,(H,24,29)(H,25,28)/t17-/m1/s1. The molecule has 1 atom stereocenters. The lowest BCUT2D eigenvalue weighted by atomic mass is 10.1. The zero-order valence-electron chi connectivity index (χ0n) is 17.1. The first-order valence-corrected chi connectivity index (χ1v) is 9.91. The third-order valence-corrected chi connectivity index (χ3v) is 5.00. The molecule has 0 unspecified atom stereocenters. The molecule has 2 aromatic carbocycles. The maximum Gasteiger partial charge on any atom is 0.253 e. The van der Waals surface area contributed by atoms with Gasteiger partial charge in [-0.1, -0.05) is 44.2 Å². The van der Waals surface area contributed by atoms with Gasteiger partial charge in [0, 0.05) is 25.2 Å². The van der Waals surface area contributed by atoms with E-state index in [2.05, 4.69) is 10.6 Å². The number of carbonyl (C=O) groups excluding carboxylic acids is 3. The molecule has 0 radical (unpaired) electrons. The van der Waals surface area contributed by atoms with Gasteiger partial charge in [0.05, 0.1) is 17.2 Å². The van der Waals surface area contributed by atoms with Gasteiger partial charge >= 0.3 is 0 Å². The molecule has 2 N–H and O–H groups in total. The molecular weight excluding hydrogens is 366 g/mol. The largest absolute Gasteiger partial charge is 0.352 e. The summed E-state index contributed by atoms with van der Waals surface area (Å²) in [6.45, 7) is 6.87. The van der Waals surface area contributed by atoms with E-state index >= 15 is 0 Å². The molecule has 3 rings (SSSR count). The molecule has 0 spiro atoms. The van der Waals surface area contributed by atoms with Crippen LogP contribution in [0, 0.1) is 18.8 Å². The van der Waals surface area contributed by atoms with Crippen molar-refractivity contribution in [3.05, 3.63) is 59.7 Å². The predicted octanol–water partition coefficient (Wildman–Crippen LogP) is 3.37. The van der Waals surface area contributed by atoms with E-state index < -0.39 is 5.92 Å². The van der Waals surface area contributed by atoms with Crippen LogP contribution in [-0.2, 0) is 9.59 Å². The molecule has 6 heteroatoms. The number of hydrogen-bond donors (Lipinski definition) is 2. The Morgan fingerprint density at radius 3 is 2.52 bits per heavy atom. The number of anilines is 2. The Balaban J connectivity index is 1.71. The Hall–Kier alpha value is -3.15. The molecular formula is C23H27N3O3. The van der Waals surface area contributed by atoms with Crippen molar-refractivity contribution >= 4 is 29.1 Å². The minimum atomic E-state index is -0.464. The molecule has 1 aliphatic heterocycles. The lowest BCUT2D eigenvalue weighted by Crippen LogP contribution is -2.30. The first kappa shape index (κ1) is 20.6. The van der Waals surface area contributed by atoms with Crippen LogP contribution in [0.25, 0.3) is 0 Å². The lowest BCUT2D eigenvalue weighted by molar-refractivity contribution is -0.122. The molecule has 1 aliphatic rings. The monoisotopic (exact) mass is 393 g/mol. The van der Waals surface area contributed by atoms with Crippen molar-refractivity contribution in [1.29, 1.82) is 0 Å². The second kappa shape index (κ2) is 8.90. The van der Waals surface area contributed by atoms with E-state index in [0.717, 1.165) is 11.3 Å². The summed E-state index contributed by atoms with van der Waals surface area (Å²) in [5, 5.41) is 5.72. The van der Waals surface area contributed by atoms with Gasteiger partial charge in [-0.2, -0.15) is 0 Å². The number of rotatable bonds is 6. The van der Waals surface area contributed by atoms with E-state index in [4.69, 9.17) is 0 Å². The van der Waals surface area contributed by atoms with Crippen molar-refractivity contribution in [1.82, 2.24) is 5.32 Å². The fourth-order valence-corrected chi connectivity index (χ4v) is 3.40. The average molecular weight is 393 g/mol. The maximum absolute atomic E-state index is 12.8. The van der Waals surface area contributed by atoms with Gasteiger partial charge in [-0.15, -0.1) is 0 Å². The Morgan fingerprint density at radius 1 is 1.10 bits per heavy atom. The molecule has 0 aliphatic carbocycles. The number of hydrogen-bond acceptors (Lipinski definition) is 3. The van der Waals surface area contributed by atoms with Crippen LogP contribution >= 0.6 is 0 Å². The highest BCUT2D eigenvalue weighted by molar-refractivity contribution is 6.07. The van der Waals surface area contributed by atoms with Crippen LogP contribution in [0.1, 0.15) is 36.2 Å². The number of nitrogens with zero attached hydrogens (tertiary/aromatic N) is 1. The van der Waals surface area contributed by atoms with Crippen LogP contribution in [0.5, 0.6) is 0 Å². The van der Waals surface area contributed by atoms with Crippen molar-refractivity contribution in [3.63, 3.8) is 0 Å². The van der Waals surface area contributed by atoms with Gasteiger partial charge in [0.1, 0.15) is 0 Å². The first-order chi connectivity index (χ1) is 13.9. The van der Waals surface area contributed by atoms with Gasteiger partial charge in [-0.05, 0) is 36.6 Å². The van der Waals surface area contributed by atoms with Gasteiger partial charge in [0.15, 0.2) is 0 Å². The maximum atomic E-state index is 12.8. The Labute approximate surface area is 171 Å². The highest BCUT2D eigenvalue weighted by Gasteiger charge is 2.35. The van der Waals surface area contributed by atoms with Gasteiger partial charge < -0.3 is 15.5 Å². The van der Waals surface area contributed by atoms with Crippen LogP contribution in [-0.4, -0.2) is 30.8 Å².